The number of benzene rings is 1. The Kier molecular flexibility index (Phi) is 7.78. The molecule has 0 bridgehead atoms. The zero-order valence-electron chi connectivity index (χ0n) is 16.8. The number of aliphatic imine (C=N–C) groups is 1. The maximum Gasteiger partial charge on any atom is 0.193 e. The molecule has 1 aromatic rings. The molecule has 27 heavy (non-hydrogen) atoms. The van der Waals surface area contributed by atoms with Gasteiger partial charge in [0.2, 0.25) is 0 Å². The van der Waals surface area contributed by atoms with Gasteiger partial charge in [0.15, 0.2) is 5.96 Å². The number of rotatable bonds is 7. The van der Waals surface area contributed by atoms with Gasteiger partial charge in [-0.1, -0.05) is 25.1 Å². The van der Waals surface area contributed by atoms with E-state index in [9.17, 15) is 0 Å². The van der Waals surface area contributed by atoms with Crippen molar-refractivity contribution in [3.63, 3.8) is 0 Å². The molecule has 0 radical (unpaired) electrons. The van der Waals surface area contributed by atoms with E-state index in [4.69, 9.17) is 9.47 Å². The summed E-state index contributed by atoms with van der Waals surface area (Å²) in [6.45, 7) is 10.1. The first kappa shape index (κ1) is 20.0. The smallest absolute Gasteiger partial charge is 0.193 e. The third kappa shape index (κ3) is 6.11. The molecule has 2 aliphatic heterocycles. The molecule has 2 heterocycles. The molecule has 0 amide bonds. The van der Waals surface area contributed by atoms with Crippen LogP contribution in [0.2, 0.25) is 0 Å². The molecule has 0 saturated carbocycles. The highest BCUT2D eigenvalue weighted by molar-refractivity contribution is 5.80. The molecule has 0 aliphatic carbocycles. The molecule has 150 valence electrons. The lowest BCUT2D eigenvalue weighted by Gasteiger charge is -2.29. The Hall–Kier alpha value is -1.79. The van der Waals surface area contributed by atoms with Gasteiger partial charge in [0, 0.05) is 39.8 Å². The van der Waals surface area contributed by atoms with Crippen molar-refractivity contribution < 1.29 is 9.47 Å². The summed E-state index contributed by atoms with van der Waals surface area (Å²) >= 11 is 0. The van der Waals surface area contributed by atoms with E-state index < -0.39 is 0 Å². The topological polar surface area (TPSA) is 49.3 Å². The van der Waals surface area contributed by atoms with E-state index in [1.165, 1.54) is 13.0 Å². The minimum Gasteiger partial charge on any atom is -0.489 e. The maximum absolute atomic E-state index is 6.09. The second-order valence-electron chi connectivity index (χ2n) is 7.40. The number of guanidine groups is 1. The molecule has 2 aliphatic rings. The SMILES string of the molecule is CCC(CNC(=NC)N1CCC(CN2CCOCC2)C1)Oc1ccccc1. The third-order valence-electron chi connectivity index (χ3n) is 5.41. The summed E-state index contributed by atoms with van der Waals surface area (Å²) in [4.78, 5) is 9.43. The Morgan fingerprint density at radius 3 is 2.74 bits per heavy atom. The van der Waals surface area contributed by atoms with Crippen molar-refractivity contribution in [2.75, 3.05) is 59.5 Å². The van der Waals surface area contributed by atoms with Gasteiger partial charge < -0.3 is 19.7 Å². The molecule has 3 rings (SSSR count). The van der Waals surface area contributed by atoms with E-state index in [1.54, 1.807) is 0 Å². The van der Waals surface area contributed by atoms with Crippen molar-refractivity contribution in [2.24, 2.45) is 10.9 Å². The van der Waals surface area contributed by atoms with Gasteiger partial charge in [-0.3, -0.25) is 9.89 Å². The van der Waals surface area contributed by atoms with Crippen molar-refractivity contribution >= 4 is 5.96 Å². The van der Waals surface area contributed by atoms with Crippen LogP contribution in [-0.2, 0) is 4.74 Å². The summed E-state index contributed by atoms with van der Waals surface area (Å²) < 4.78 is 11.5. The number of hydrogen-bond acceptors (Lipinski definition) is 4. The predicted octanol–water partition coefficient (Wildman–Crippen LogP) is 2.07. The van der Waals surface area contributed by atoms with Crippen LogP contribution in [0.5, 0.6) is 5.75 Å². The highest BCUT2D eigenvalue weighted by Gasteiger charge is 2.27. The lowest BCUT2D eigenvalue weighted by Crippen LogP contribution is -2.45. The summed E-state index contributed by atoms with van der Waals surface area (Å²) in [5.74, 6) is 2.63. The molecule has 6 nitrogen and oxygen atoms in total. The van der Waals surface area contributed by atoms with Crippen LogP contribution in [0, 0.1) is 5.92 Å². The van der Waals surface area contributed by atoms with E-state index in [0.717, 1.165) is 64.1 Å². The van der Waals surface area contributed by atoms with Crippen LogP contribution < -0.4 is 10.1 Å². The van der Waals surface area contributed by atoms with E-state index in [0.29, 0.717) is 5.92 Å². The first-order valence-electron chi connectivity index (χ1n) is 10.3. The summed E-state index contributed by atoms with van der Waals surface area (Å²) in [6, 6.07) is 10.0. The van der Waals surface area contributed by atoms with Crippen LogP contribution in [0.15, 0.2) is 35.3 Å². The van der Waals surface area contributed by atoms with Crippen LogP contribution in [0.3, 0.4) is 0 Å². The van der Waals surface area contributed by atoms with Gasteiger partial charge in [-0.2, -0.15) is 0 Å². The van der Waals surface area contributed by atoms with E-state index in [1.807, 2.05) is 37.4 Å². The van der Waals surface area contributed by atoms with Crippen LogP contribution in [0.4, 0.5) is 0 Å². The molecule has 0 spiro atoms. The fourth-order valence-corrected chi connectivity index (χ4v) is 3.82. The van der Waals surface area contributed by atoms with Crippen LogP contribution in [0.1, 0.15) is 19.8 Å². The first-order chi connectivity index (χ1) is 13.3. The molecular formula is C21H34N4O2. The number of morpholine rings is 1. The zero-order chi connectivity index (χ0) is 18.9. The van der Waals surface area contributed by atoms with Gasteiger partial charge in [-0.25, -0.2) is 0 Å². The summed E-state index contributed by atoms with van der Waals surface area (Å²) in [5.41, 5.74) is 0. The third-order valence-corrected chi connectivity index (χ3v) is 5.41. The number of para-hydroxylation sites is 1. The van der Waals surface area contributed by atoms with Gasteiger partial charge >= 0.3 is 0 Å². The summed E-state index contributed by atoms with van der Waals surface area (Å²) in [6.07, 6.45) is 2.32. The van der Waals surface area contributed by atoms with Gasteiger partial charge in [0.05, 0.1) is 19.8 Å². The highest BCUT2D eigenvalue weighted by atomic mass is 16.5. The Balaban J connectivity index is 1.44. The average molecular weight is 375 g/mol. The Morgan fingerprint density at radius 1 is 1.26 bits per heavy atom. The number of nitrogens with one attached hydrogen (secondary N) is 1. The molecule has 2 unspecified atom stereocenters. The largest absolute Gasteiger partial charge is 0.489 e. The number of likely N-dealkylation sites (tertiary alicyclic amines) is 1. The summed E-state index contributed by atoms with van der Waals surface area (Å²) in [5, 5.41) is 3.52. The second kappa shape index (κ2) is 10.5. The van der Waals surface area contributed by atoms with Crippen LogP contribution in [-0.4, -0.2) is 81.4 Å². The average Bonchev–Trinajstić information content (AvgIpc) is 3.17. The van der Waals surface area contributed by atoms with Crippen molar-refractivity contribution in [1.82, 2.24) is 15.1 Å². The van der Waals surface area contributed by atoms with Gasteiger partial charge in [-0.05, 0) is 30.9 Å². The zero-order valence-corrected chi connectivity index (χ0v) is 16.8. The van der Waals surface area contributed by atoms with E-state index >= 15 is 0 Å². The quantitative estimate of drug-likeness (QED) is 0.585. The monoisotopic (exact) mass is 374 g/mol. The first-order valence-corrected chi connectivity index (χ1v) is 10.3. The van der Waals surface area contributed by atoms with E-state index in [2.05, 4.69) is 27.0 Å². The highest BCUT2D eigenvalue weighted by Crippen LogP contribution is 2.18. The Bertz CT molecular complexity index is 575. The molecule has 2 fully saturated rings. The number of hydrogen-bond donors (Lipinski definition) is 1. The van der Waals surface area contributed by atoms with Gasteiger partial charge in [0.25, 0.3) is 0 Å². The van der Waals surface area contributed by atoms with Crippen molar-refractivity contribution in [1.29, 1.82) is 0 Å². The molecule has 2 atom stereocenters. The molecule has 1 N–H and O–H groups in total. The molecule has 2 saturated heterocycles. The number of nitrogens with zero attached hydrogens (tertiary/aromatic N) is 3. The molecule has 1 aromatic carbocycles. The minimum atomic E-state index is 0.135. The van der Waals surface area contributed by atoms with Gasteiger partial charge in [-0.15, -0.1) is 0 Å². The lowest BCUT2D eigenvalue weighted by molar-refractivity contribution is 0.0315. The fourth-order valence-electron chi connectivity index (χ4n) is 3.82. The molecule has 6 heteroatoms. The fraction of sp³-hybridized carbons (Fsp3) is 0.667. The normalized spacial score (nSPS) is 22.7. The molecule has 0 aromatic heterocycles. The number of ether oxygens (including phenoxy) is 2. The standard InChI is InChI=1S/C21H34N4O2/c1-3-19(27-20-7-5-4-6-8-20)15-23-21(22-2)25-10-9-18(17-25)16-24-11-13-26-14-12-24/h4-8,18-19H,3,9-17H2,1-2H3,(H,22,23). The Labute approximate surface area is 163 Å². The Morgan fingerprint density at radius 2 is 2.04 bits per heavy atom. The van der Waals surface area contributed by atoms with Crippen molar-refractivity contribution in [2.45, 2.75) is 25.9 Å². The lowest BCUT2D eigenvalue weighted by atomic mass is 10.1. The van der Waals surface area contributed by atoms with Crippen LogP contribution >= 0.6 is 0 Å². The predicted molar refractivity (Wildman–Crippen MR) is 109 cm³/mol. The summed E-state index contributed by atoms with van der Waals surface area (Å²) in [7, 11) is 1.87. The van der Waals surface area contributed by atoms with Crippen molar-refractivity contribution in [3.05, 3.63) is 30.3 Å². The minimum absolute atomic E-state index is 0.135. The van der Waals surface area contributed by atoms with Crippen LogP contribution in [0.25, 0.3) is 0 Å². The van der Waals surface area contributed by atoms with Gasteiger partial charge in [0.1, 0.15) is 11.9 Å². The van der Waals surface area contributed by atoms with Crippen molar-refractivity contribution in [3.8, 4) is 5.75 Å². The maximum atomic E-state index is 6.09. The van der Waals surface area contributed by atoms with E-state index in [-0.39, 0.29) is 6.10 Å². The second-order valence-corrected chi connectivity index (χ2v) is 7.40. The molecular weight excluding hydrogens is 340 g/mol.